The van der Waals surface area contributed by atoms with Gasteiger partial charge in [0, 0.05) is 18.1 Å². The summed E-state index contributed by atoms with van der Waals surface area (Å²) in [6.07, 6.45) is 0. The van der Waals surface area contributed by atoms with Gasteiger partial charge in [0.05, 0.1) is 0 Å². The molecule has 2 aromatic rings. The molecule has 114 valence electrons. The maximum absolute atomic E-state index is 11.6. The lowest BCUT2D eigenvalue weighted by Gasteiger charge is -2.08. The molecule has 0 unspecified atom stereocenters. The molecule has 0 fully saturated rings. The van der Waals surface area contributed by atoms with Gasteiger partial charge in [0.25, 0.3) is 0 Å². The number of para-hydroxylation sites is 1. The van der Waals surface area contributed by atoms with E-state index in [0.717, 1.165) is 5.75 Å². The molecule has 2 aromatic carbocycles. The summed E-state index contributed by atoms with van der Waals surface area (Å²) in [7, 11) is 0. The molecule has 2 N–H and O–H groups in total. The van der Waals surface area contributed by atoms with E-state index in [-0.39, 0.29) is 12.4 Å². The van der Waals surface area contributed by atoms with E-state index in [1.54, 1.807) is 24.3 Å². The van der Waals surface area contributed by atoms with E-state index in [1.165, 1.54) is 0 Å². The zero-order valence-electron chi connectivity index (χ0n) is 11.7. The third kappa shape index (κ3) is 4.79. The molecule has 0 aliphatic heterocycles. The van der Waals surface area contributed by atoms with E-state index in [2.05, 4.69) is 10.6 Å². The van der Waals surface area contributed by atoms with Gasteiger partial charge in [-0.05, 0) is 36.4 Å². The smallest absolute Gasteiger partial charge is 0.313 e. The third-order valence-electron chi connectivity index (χ3n) is 2.68. The molecule has 5 nitrogen and oxygen atoms in total. The summed E-state index contributed by atoms with van der Waals surface area (Å²) >= 11 is 5.43. The predicted octanol–water partition coefficient (Wildman–Crippen LogP) is 2.77. The molecule has 6 heteroatoms. The first-order valence-corrected chi connectivity index (χ1v) is 7.20. The van der Waals surface area contributed by atoms with Crippen LogP contribution in [0.4, 0.5) is 5.69 Å². The van der Waals surface area contributed by atoms with Gasteiger partial charge in [-0.3, -0.25) is 9.59 Å². The number of halogens is 1. The first kappa shape index (κ1) is 15.9. The lowest BCUT2D eigenvalue weighted by atomic mass is 10.3. The van der Waals surface area contributed by atoms with Crippen LogP contribution in [0.15, 0.2) is 54.6 Å². The molecule has 0 saturated carbocycles. The minimum absolute atomic E-state index is 0.248. The number of amides is 2. The lowest BCUT2D eigenvalue weighted by Crippen LogP contribution is -2.36. The number of alkyl halides is 1. The minimum atomic E-state index is -0.734. The Bertz CT molecular complexity index is 630. The molecule has 0 bridgehead atoms. The van der Waals surface area contributed by atoms with Gasteiger partial charge in [-0.25, -0.2) is 0 Å². The maximum Gasteiger partial charge on any atom is 0.313 e. The van der Waals surface area contributed by atoms with Crippen molar-refractivity contribution in [1.82, 2.24) is 5.32 Å². The van der Waals surface area contributed by atoms with Crippen LogP contribution in [-0.2, 0) is 9.59 Å². The Morgan fingerprint density at radius 2 is 1.55 bits per heavy atom. The number of rotatable bonds is 5. The van der Waals surface area contributed by atoms with Crippen LogP contribution in [0.25, 0.3) is 0 Å². The number of carbonyl (C=O) groups is 2. The topological polar surface area (TPSA) is 67.4 Å². The van der Waals surface area contributed by atoms with Gasteiger partial charge in [0.15, 0.2) is 0 Å². The number of ether oxygens (including phenoxy) is 1. The van der Waals surface area contributed by atoms with Gasteiger partial charge in [-0.2, -0.15) is 0 Å². The normalized spacial score (nSPS) is 9.86. The van der Waals surface area contributed by atoms with Gasteiger partial charge in [0.2, 0.25) is 0 Å². The summed E-state index contributed by atoms with van der Waals surface area (Å²) in [5.41, 5.74) is 0.506. The Balaban J connectivity index is 1.91. The van der Waals surface area contributed by atoms with Crippen LogP contribution in [0.5, 0.6) is 11.5 Å². The van der Waals surface area contributed by atoms with Gasteiger partial charge in [0.1, 0.15) is 11.5 Å². The molecular weight excluding hydrogens is 304 g/mol. The van der Waals surface area contributed by atoms with Gasteiger partial charge in [-0.1, -0.05) is 18.2 Å². The molecular formula is C16H15ClN2O3. The zero-order valence-corrected chi connectivity index (χ0v) is 12.5. The first-order valence-electron chi connectivity index (χ1n) is 6.67. The van der Waals surface area contributed by atoms with Crippen molar-refractivity contribution in [1.29, 1.82) is 0 Å². The molecule has 2 amide bonds. The largest absolute Gasteiger partial charge is 0.457 e. The van der Waals surface area contributed by atoms with Crippen molar-refractivity contribution in [2.75, 3.05) is 17.7 Å². The summed E-state index contributed by atoms with van der Waals surface area (Å²) in [5, 5.41) is 4.88. The number of nitrogens with one attached hydrogen (secondary N) is 2. The fraction of sp³-hybridized carbons (Fsp3) is 0.125. The van der Waals surface area contributed by atoms with Gasteiger partial charge < -0.3 is 15.4 Å². The van der Waals surface area contributed by atoms with E-state index in [1.807, 2.05) is 30.3 Å². The lowest BCUT2D eigenvalue weighted by molar-refractivity contribution is -0.136. The SMILES string of the molecule is O=C(NCCCl)C(=O)Nc1ccc(Oc2ccccc2)cc1. The maximum atomic E-state index is 11.6. The van der Waals surface area contributed by atoms with Crippen molar-refractivity contribution in [2.24, 2.45) is 0 Å². The fourth-order valence-corrected chi connectivity index (χ4v) is 1.75. The van der Waals surface area contributed by atoms with E-state index >= 15 is 0 Å². The van der Waals surface area contributed by atoms with Gasteiger partial charge in [-0.15, -0.1) is 11.6 Å². The van der Waals surface area contributed by atoms with Crippen molar-refractivity contribution in [2.45, 2.75) is 0 Å². The molecule has 2 rings (SSSR count). The van der Waals surface area contributed by atoms with E-state index in [4.69, 9.17) is 16.3 Å². The quantitative estimate of drug-likeness (QED) is 0.658. The fourth-order valence-electron chi connectivity index (χ4n) is 1.66. The average molecular weight is 319 g/mol. The molecule has 0 heterocycles. The van der Waals surface area contributed by atoms with Crippen molar-refractivity contribution < 1.29 is 14.3 Å². The molecule has 0 aliphatic rings. The Morgan fingerprint density at radius 1 is 0.909 bits per heavy atom. The highest BCUT2D eigenvalue weighted by molar-refractivity contribution is 6.39. The van der Waals surface area contributed by atoms with Crippen LogP contribution in [0.1, 0.15) is 0 Å². The van der Waals surface area contributed by atoms with Crippen molar-refractivity contribution in [3.05, 3.63) is 54.6 Å². The summed E-state index contributed by atoms with van der Waals surface area (Å²) in [6.45, 7) is 0.248. The number of carbonyl (C=O) groups excluding carboxylic acids is 2. The second-order valence-corrected chi connectivity index (χ2v) is 4.72. The zero-order chi connectivity index (χ0) is 15.8. The summed E-state index contributed by atoms with van der Waals surface area (Å²) in [5.74, 6) is 0.160. The molecule has 0 aromatic heterocycles. The van der Waals surface area contributed by atoms with E-state index < -0.39 is 11.8 Å². The first-order chi connectivity index (χ1) is 10.7. The Labute approximate surface area is 133 Å². The second kappa shape index (κ2) is 8.05. The highest BCUT2D eigenvalue weighted by atomic mass is 35.5. The van der Waals surface area contributed by atoms with Crippen LogP contribution in [0, 0.1) is 0 Å². The molecule has 0 aliphatic carbocycles. The number of hydrogen-bond acceptors (Lipinski definition) is 3. The van der Waals surface area contributed by atoms with Crippen molar-refractivity contribution in [3.63, 3.8) is 0 Å². The van der Waals surface area contributed by atoms with Crippen molar-refractivity contribution in [3.8, 4) is 11.5 Å². The van der Waals surface area contributed by atoms with E-state index in [0.29, 0.717) is 11.4 Å². The molecule has 22 heavy (non-hydrogen) atoms. The number of hydrogen-bond donors (Lipinski definition) is 2. The Morgan fingerprint density at radius 3 is 2.18 bits per heavy atom. The van der Waals surface area contributed by atoms with Crippen LogP contribution in [-0.4, -0.2) is 24.2 Å². The third-order valence-corrected chi connectivity index (χ3v) is 2.87. The highest BCUT2D eigenvalue weighted by Crippen LogP contribution is 2.22. The molecule has 0 radical (unpaired) electrons. The monoisotopic (exact) mass is 318 g/mol. The van der Waals surface area contributed by atoms with Crippen LogP contribution in [0.3, 0.4) is 0 Å². The molecule has 0 spiro atoms. The van der Waals surface area contributed by atoms with Crippen LogP contribution in [0.2, 0.25) is 0 Å². The molecule has 0 atom stereocenters. The predicted molar refractivity (Wildman–Crippen MR) is 85.3 cm³/mol. The van der Waals surface area contributed by atoms with Gasteiger partial charge >= 0.3 is 11.8 Å². The van der Waals surface area contributed by atoms with Crippen LogP contribution < -0.4 is 15.4 Å². The summed E-state index contributed by atoms with van der Waals surface area (Å²) in [4.78, 5) is 23.0. The number of benzene rings is 2. The second-order valence-electron chi connectivity index (χ2n) is 4.34. The van der Waals surface area contributed by atoms with Crippen molar-refractivity contribution >= 4 is 29.1 Å². The average Bonchev–Trinajstić information content (AvgIpc) is 2.55. The Hall–Kier alpha value is -2.53. The van der Waals surface area contributed by atoms with E-state index in [9.17, 15) is 9.59 Å². The highest BCUT2D eigenvalue weighted by Gasteiger charge is 2.12. The Kier molecular flexibility index (Phi) is 5.80. The summed E-state index contributed by atoms with van der Waals surface area (Å²) < 4.78 is 5.63. The molecule has 0 saturated heterocycles. The minimum Gasteiger partial charge on any atom is -0.457 e. The number of anilines is 1. The van der Waals surface area contributed by atoms with Crippen LogP contribution >= 0.6 is 11.6 Å². The standard InChI is InChI=1S/C16H15ClN2O3/c17-10-11-18-15(20)16(21)19-12-6-8-14(9-7-12)22-13-4-2-1-3-5-13/h1-9H,10-11H2,(H,18,20)(H,19,21). The summed E-state index contributed by atoms with van der Waals surface area (Å²) in [6, 6.07) is 16.1.